The summed E-state index contributed by atoms with van der Waals surface area (Å²) in [5, 5.41) is 0. The van der Waals surface area contributed by atoms with Crippen LogP contribution in [0.3, 0.4) is 0 Å². The number of ether oxygens (including phenoxy) is 1. The molecule has 0 aliphatic carbocycles. The van der Waals surface area contributed by atoms with Crippen LogP contribution in [0.2, 0.25) is 0 Å². The van der Waals surface area contributed by atoms with Gasteiger partial charge < -0.3 is 15.4 Å². The van der Waals surface area contributed by atoms with Crippen LogP contribution >= 0.6 is 0 Å². The van der Waals surface area contributed by atoms with Gasteiger partial charge in [0.2, 0.25) is 0 Å². The van der Waals surface area contributed by atoms with Crippen molar-refractivity contribution in [2.24, 2.45) is 0 Å². The second-order valence-electron chi connectivity index (χ2n) is 4.43. The molecule has 0 saturated carbocycles. The van der Waals surface area contributed by atoms with Gasteiger partial charge in [-0.3, -0.25) is 0 Å². The SMILES string of the molecule is COC(=O)c1cc(N(C)CCS(C)(=O)=O)c(F)cc1N. The van der Waals surface area contributed by atoms with E-state index in [-0.39, 0.29) is 29.2 Å². The molecule has 1 rings (SSSR count). The molecule has 0 atom stereocenters. The Bertz CT molecular complexity index is 616. The fraction of sp³-hybridized carbons (Fsp3) is 0.417. The van der Waals surface area contributed by atoms with Crippen LogP contribution in [0.4, 0.5) is 15.8 Å². The van der Waals surface area contributed by atoms with Gasteiger partial charge in [0, 0.05) is 25.5 Å². The lowest BCUT2D eigenvalue weighted by atomic mass is 10.1. The zero-order chi connectivity index (χ0) is 15.5. The van der Waals surface area contributed by atoms with E-state index in [1.807, 2.05) is 0 Å². The molecule has 1 aromatic carbocycles. The van der Waals surface area contributed by atoms with Gasteiger partial charge in [0.05, 0.1) is 24.1 Å². The summed E-state index contributed by atoms with van der Waals surface area (Å²) in [6.07, 6.45) is 1.10. The van der Waals surface area contributed by atoms with Gasteiger partial charge in [0.15, 0.2) is 0 Å². The quantitative estimate of drug-likeness (QED) is 0.635. The number of anilines is 2. The standard InChI is InChI=1S/C12H17FN2O4S/c1-15(4-5-20(3,17)18)11-6-8(12(16)19-2)10(14)7-9(11)13/h6-7H,4-5,14H2,1-3H3. The first kappa shape index (κ1) is 16.2. The van der Waals surface area contributed by atoms with Crippen molar-refractivity contribution in [2.45, 2.75) is 0 Å². The van der Waals surface area contributed by atoms with Gasteiger partial charge in [-0.1, -0.05) is 0 Å². The highest BCUT2D eigenvalue weighted by molar-refractivity contribution is 7.90. The molecule has 0 unspecified atom stereocenters. The summed E-state index contributed by atoms with van der Waals surface area (Å²) in [5.41, 5.74) is 5.65. The van der Waals surface area contributed by atoms with E-state index in [2.05, 4.69) is 4.74 Å². The van der Waals surface area contributed by atoms with E-state index in [0.717, 1.165) is 12.3 Å². The molecule has 6 nitrogen and oxygen atoms in total. The maximum absolute atomic E-state index is 13.8. The molecule has 8 heteroatoms. The van der Waals surface area contributed by atoms with Gasteiger partial charge in [0.25, 0.3) is 0 Å². The second-order valence-corrected chi connectivity index (χ2v) is 6.69. The highest BCUT2D eigenvalue weighted by Gasteiger charge is 2.17. The van der Waals surface area contributed by atoms with Gasteiger partial charge in [-0.15, -0.1) is 0 Å². The predicted octanol–water partition coefficient (Wildman–Crippen LogP) is 0.675. The van der Waals surface area contributed by atoms with Gasteiger partial charge in [-0.05, 0) is 12.1 Å². The topological polar surface area (TPSA) is 89.7 Å². The lowest BCUT2D eigenvalue weighted by Gasteiger charge is -2.20. The Morgan fingerprint density at radius 1 is 1.45 bits per heavy atom. The monoisotopic (exact) mass is 304 g/mol. The first-order valence-electron chi connectivity index (χ1n) is 5.72. The van der Waals surface area contributed by atoms with Crippen LogP contribution in [0.5, 0.6) is 0 Å². The minimum Gasteiger partial charge on any atom is -0.465 e. The lowest BCUT2D eigenvalue weighted by molar-refractivity contribution is 0.0602. The Labute approximate surface area is 117 Å². The van der Waals surface area contributed by atoms with Crippen molar-refractivity contribution >= 4 is 27.2 Å². The Kier molecular flexibility index (Phi) is 4.93. The van der Waals surface area contributed by atoms with Crippen molar-refractivity contribution in [3.8, 4) is 0 Å². The third-order valence-corrected chi connectivity index (χ3v) is 3.66. The summed E-state index contributed by atoms with van der Waals surface area (Å²) in [6, 6.07) is 2.26. The third kappa shape index (κ3) is 4.09. The lowest BCUT2D eigenvalue weighted by Crippen LogP contribution is -2.26. The van der Waals surface area contributed by atoms with Crippen molar-refractivity contribution < 1.29 is 22.3 Å². The Balaban J connectivity index is 3.08. The molecule has 0 fully saturated rings. The van der Waals surface area contributed by atoms with E-state index in [1.165, 1.54) is 25.1 Å². The van der Waals surface area contributed by atoms with E-state index in [9.17, 15) is 17.6 Å². The Hall–Kier alpha value is -1.83. The highest BCUT2D eigenvalue weighted by atomic mass is 32.2. The molecule has 0 saturated heterocycles. The highest BCUT2D eigenvalue weighted by Crippen LogP contribution is 2.25. The van der Waals surface area contributed by atoms with Crippen molar-refractivity contribution in [3.63, 3.8) is 0 Å². The largest absolute Gasteiger partial charge is 0.465 e. The number of sulfone groups is 1. The molecule has 0 aliphatic heterocycles. The number of nitrogens with two attached hydrogens (primary N) is 1. The molecule has 0 aromatic heterocycles. The van der Waals surface area contributed by atoms with Crippen LogP contribution in [0.1, 0.15) is 10.4 Å². The first-order chi connectivity index (χ1) is 9.15. The number of nitrogen functional groups attached to an aromatic ring is 1. The predicted molar refractivity (Wildman–Crippen MR) is 75.1 cm³/mol. The smallest absolute Gasteiger partial charge is 0.340 e. The number of esters is 1. The van der Waals surface area contributed by atoms with E-state index >= 15 is 0 Å². The summed E-state index contributed by atoms with van der Waals surface area (Å²) >= 11 is 0. The minimum atomic E-state index is -3.16. The molecule has 1 aromatic rings. The maximum atomic E-state index is 13.8. The molecule has 112 valence electrons. The number of benzene rings is 1. The van der Waals surface area contributed by atoms with E-state index in [0.29, 0.717) is 0 Å². The molecular weight excluding hydrogens is 287 g/mol. The first-order valence-corrected chi connectivity index (χ1v) is 7.78. The van der Waals surface area contributed by atoms with E-state index in [1.54, 1.807) is 0 Å². The molecule has 0 spiro atoms. The molecule has 0 radical (unpaired) electrons. The number of nitrogens with zero attached hydrogens (tertiary/aromatic N) is 1. The van der Waals surface area contributed by atoms with E-state index < -0.39 is 21.6 Å². The van der Waals surface area contributed by atoms with Crippen molar-refractivity contribution in [1.29, 1.82) is 0 Å². The molecule has 0 amide bonds. The summed E-state index contributed by atoms with van der Waals surface area (Å²) in [5.74, 6) is -1.44. The van der Waals surface area contributed by atoms with Gasteiger partial charge >= 0.3 is 5.97 Å². The fourth-order valence-electron chi connectivity index (χ4n) is 1.58. The number of carbonyl (C=O) groups is 1. The molecule has 0 heterocycles. The van der Waals surface area contributed by atoms with Gasteiger partial charge in [-0.2, -0.15) is 0 Å². The number of methoxy groups -OCH3 is 1. The molecule has 0 aliphatic rings. The van der Waals surface area contributed by atoms with Crippen LogP contribution in [0, 0.1) is 5.82 Å². The molecule has 20 heavy (non-hydrogen) atoms. The number of carbonyl (C=O) groups excluding carboxylic acids is 1. The molecule has 0 bridgehead atoms. The zero-order valence-corrected chi connectivity index (χ0v) is 12.3. The zero-order valence-electron chi connectivity index (χ0n) is 11.5. The molecule has 2 N–H and O–H groups in total. The van der Waals surface area contributed by atoms with Gasteiger partial charge in [-0.25, -0.2) is 17.6 Å². The summed E-state index contributed by atoms with van der Waals surface area (Å²) in [7, 11) is -0.439. The third-order valence-electron chi connectivity index (χ3n) is 2.73. The number of hydrogen-bond donors (Lipinski definition) is 1. The van der Waals surface area contributed by atoms with Crippen LogP contribution in [0.25, 0.3) is 0 Å². The second kappa shape index (κ2) is 6.08. The molecular formula is C12H17FN2O4S. The maximum Gasteiger partial charge on any atom is 0.340 e. The Morgan fingerprint density at radius 3 is 2.55 bits per heavy atom. The summed E-state index contributed by atoms with van der Waals surface area (Å²) in [6.45, 7) is 0.0975. The normalized spacial score (nSPS) is 11.2. The number of halogens is 1. The van der Waals surface area contributed by atoms with Crippen molar-refractivity contribution in [1.82, 2.24) is 0 Å². The summed E-state index contributed by atoms with van der Waals surface area (Å²) in [4.78, 5) is 12.9. The minimum absolute atomic E-state index is 0.0328. The number of rotatable bonds is 5. The van der Waals surface area contributed by atoms with Crippen LogP contribution in [0.15, 0.2) is 12.1 Å². The average Bonchev–Trinajstić information content (AvgIpc) is 2.34. The number of hydrogen-bond acceptors (Lipinski definition) is 6. The average molecular weight is 304 g/mol. The van der Waals surface area contributed by atoms with Gasteiger partial charge in [0.1, 0.15) is 15.7 Å². The van der Waals surface area contributed by atoms with Crippen LogP contribution in [-0.4, -0.2) is 47.1 Å². The van der Waals surface area contributed by atoms with Crippen molar-refractivity contribution in [3.05, 3.63) is 23.5 Å². The van der Waals surface area contributed by atoms with Crippen LogP contribution in [-0.2, 0) is 14.6 Å². The van der Waals surface area contributed by atoms with Crippen LogP contribution < -0.4 is 10.6 Å². The Morgan fingerprint density at radius 2 is 2.05 bits per heavy atom. The van der Waals surface area contributed by atoms with Crippen molar-refractivity contribution in [2.75, 3.05) is 43.3 Å². The fourth-order valence-corrected chi connectivity index (χ4v) is 2.19. The van der Waals surface area contributed by atoms with E-state index in [4.69, 9.17) is 5.73 Å². The summed E-state index contributed by atoms with van der Waals surface area (Å²) < 4.78 is 40.6.